The summed E-state index contributed by atoms with van der Waals surface area (Å²) in [5.74, 6) is 0.197. The van der Waals surface area contributed by atoms with Crippen LogP contribution in [0.1, 0.15) is 24.6 Å². The second-order valence-corrected chi connectivity index (χ2v) is 3.93. The standard InChI is InChI=1S/C12H18N2O3/c1-2-9(8-15)6-10-4-3-5-13-11(10)7-14-12(16)17/h3-5,9,14-15H,2,6-8H2,1H3,(H,16,17). The minimum atomic E-state index is -1.06. The number of carbonyl (C=O) groups is 1. The van der Waals surface area contributed by atoms with Gasteiger partial charge in [-0.1, -0.05) is 19.4 Å². The van der Waals surface area contributed by atoms with Gasteiger partial charge in [0.05, 0.1) is 12.2 Å². The van der Waals surface area contributed by atoms with Gasteiger partial charge in [0.1, 0.15) is 0 Å². The Morgan fingerprint density at radius 3 is 2.94 bits per heavy atom. The number of amides is 1. The maximum absolute atomic E-state index is 10.4. The lowest BCUT2D eigenvalue weighted by atomic mass is 9.97. The van der Waals surface area contributed by atoms with Crippen LogP contribution in [0.15, 0.2) is 18.3 Å². The highest BCUT2D eigenvalue weighted by molar-refractivity contribution is 5.64. The van der Waals surface area contributed by atoms with Gasteiger partial charge in [-0.15, -0.1) is 0 Å². The van der Waals surface area contributed by atoms with Gasteiger partial charge in [-0.3, -0.25) is 4.98 Å². The Morgan fingerprint density at radius 2 is 2.35 bits per heavy atom. The summed E-state index contributed by atoms with van der Waals surface area (Å²) in [4.78, 5) is 14.6. The Morgan fingerprint density at radius 1 is 1.59 bits per heavy atom. The van der Waals surface area contributed by atoms with E-state index in [1.54, 1.807) is 6.20 Å². The molecule has 0 saturated heterocycles. The van der Waals surface area contributed by atoms with Crippen molar-refractivity contribution in [2.24, 2.45) is 5.92 Å². The fourth-order valence-corrected chi connectivity index (χ4v) is 1.62. The summed E-state index contributed by atoms with van der Waals surface area (Å²) in [6.45, 7) is 2.36. The number of rotatable bonds is 6. The summed E-state index contributed by atoms with van der Waals surface area (Å²) in [6.07, 6.45) is 2.19. The molecule has 1 rings (SSSR count). The molecule has 0 bridgehead atoms. The molecule has 0 fully saturated rings. The van der Waals surface area contributed by atoms with Crippen LogP contribution in [-0.2, 0) is 13.0 Å². The van der Waals surface area contributed by atoms with E-state index in [4.69, 9.17) is 10.2 Å². The van der Waals surface area contributed by atoms with E-state index in [-0.39, 0.29) is 19.1 Å². The quantitative estimate of drug-likeness (QED) is 0.699. The van der Waals surface area contributed by atoms with E-state index in [1.807, 2.05) is 19.1 Å². The number of hydrogen-bond acceptors (Lipinski definition) is 3. The van der Waals surface area contributed by atoms with Crippen LogP contribution in [0.5, 0.6) is 0 Å². The van der Waals surface area contributed by atoms with Gasteiger partial charge in [0.15, 0.2) is 0 Å². The second kappa shape index (κ2) is 6.85. The van der Waals surface area contributed by atoms with Crippen LogP contribution in [0.3, 0.4) is 0 Å². The van der Waals surface area contributed by atoms with E-state index in [1.165, 1.54) is 0 Å². The van der Waals surface area contributed by atoms with Gasteiger partial charge >= 0.3 is 6.09 Å². The highest BCUT2D eigenvalue weighted by atomic mass is 16.4. The van der Waals surface area contributed by atoms with Gasteiger partial charge in [-0.05, 0) is 24.0 Å². The molecule has 5 heteroatoms. The van der Waals surface area contributed by atoms with Crippen molar-refractivity contribution in [2.75, 3.05) is 6.61 Å². The van der Waals surface area contributed by atoms with Crippen molar-refractivity contribution in [3.63, 3.8) is 0 Å². The largest absolute Gasteiger partial charge is 0.465 e. The lowest BCUT2D eigenvalue weighted by Gasteiger charge is -2.14. The first kappa shape index (κ1) is 13.4. The SMILES string of the molecule is CCC(CO)Cc1cccnc1CNC(=O)O. The Labute approximate surface area is 101 Å². The van der Waals surface area contributed by atoms with Crippen LogP contribution < -0.4 is 5.32 Å². The molecule has 0 spiro atoms. The van der Waals surface area contributed by atoms with Crippen molar-refractivity contribution in [2.45, 2.75) is 26.3 Å². The monoisotopic (exact) mass is 238 g/mol. The van der Waals surface area contributed by atoms with Gasteiger partial charge in [0.2, 0.25) is 0 Å². The lowest BCUT2D eigenvalue weighted by molar-refractivity contribution is 0.193. The zero-order valence-electron chi connectivity index (χ0n) is 9.89. The molecule has 0 aliphatic heterocycles. The number of pyridine rings is 1. The van der Waals surface area contributed by atoms with E-state index in [0.29, 0.717) is 0 Å². The van der Waals surface area contributed by atoms with E-state index < -0.39 is 6.09 Å². The molecule has 17 heavy (non-hydrogen) atoms. The van der Waals surface area contributed by atoms with Gasteiger partial charge in [-0.25, -0.2) is 4.79 Å². The average Bonchev–Trinajstić information content (AvgIpc) is 2.34. The van der Waals surface area contributed by atoms with Crippen LogP contribution in [-0.4, -0.2) is 27.9 Å². The maximum atomic E-state index is 10.4. The number of aliphatic hydroxyl groups excluding tert-OH is 1. The van der Waals surface area contributed by atoms with Crippen molar-refractivity contribution < 1.29 is 15.0 Å². The Hall–Kier alpha value is -1.62. The normalized spacial score (nSPS) is 12.1. The summed E-state index contributed by atoms with van der Waals surface area (Å²) >= 11 is 0. The minimum Gasteiger partial charge on any atom is -0.465 e. The van der Waals surface area contributed by atoms with Gasteiger partial charge in [0.25, 0.3) is 0 Å². The first-order valence-corrected chi connectivity index (χ1v) is 5.67. The summed E-state index contributed by atoms with van der Waals surface area (Å²) < 4.78 is 0. The third-order valence-corrected chi connectivity index (χ3v) is 2.74. The molecule has 0 aromatic carbocycles. The lowest BCUT2D eigenvalue weighted by Crippen LogP contribution is -2.22. The fraction of sp³-hybridized carbons (Fsp3) is 0.500. The summed E-state index contributed by atoms with van der Waals surface area (Å²) in [5, 5.41) is 20.0. The molecule has 1 heterocycles. The molecule has 1 amide bonds. The number of aromatic nitrogens is 1. The van der Waals surface area contributed by atoms with Crippen LogP contribution >= 0.6 is 0 Å². The molecular weight excluding hydrogens is 220 g/mol. The van der Waals surface area contributed by atoms with Crippen LogP contribution in [0.2, 0.25) is 0 Å². The zero-order valence-corrected chi connectivity index (χ0v) is 9.89. The molecule has 1 aromatic heterocycles. The van der Waals surface area contributed by atoms with Crippen molar-refractivity contribution in [3.8, 4) is 0 Å². The third kappa shape index (κ3) is 4.40. The molecule has 0 radical (unpaired) electrons. The van der Waals surface area contributed by atoms with Crippen LogP contribution in [0, 0.1) is 5.92 Å². The highest BCUT2D eigenvalue weighted by Gasteiger charge is 2.10. The van der Waals surface area contributed by atoms with E-state index in [0.717, 1.165) is 24.1 Å². The predicted molar refractivity (Wildman–Crippen MR) is 63.7 cm³/mol. The number of carboxylic acid groups (broad SMARTS) is 1. The molecule has 3 N–H and O–H groups in total. The summed E-state index contributed by atoms with van der Waals surface area (Å²) in [6, 6.07) is 3.74. The maximum Gasteiger partial charge on any atom is 0.404 e. The number of aliphatic hydroxyl groups is 1. The van der Waals surface area contributed by atoms with Crippen molar-refractivity contribution in [1.82, 2.24) is 10.3 Å². The zero-order chi connectivity index (χ0) is 12.7. The van der Waals surface area contributed by atoms with Crippen LogP contribution in [0.25, 0.3) is 0 Å². The molecule has 0 aliphatic rings. The molecule has 0 aliphatic carbocycles. The Kier molecular flexibility index (Phi) is 5.42. The number of nitrogens with one attached hydrogen (secondary N) is 1. The molecule has 1 unspecified atom stereocenters. The Balaban J connectivity index is 2.72. The molecular formula is C12H18N2O3. The number of nitrogens with zero attached hydrogens (tertiary/aromatic N) is 1. The van der Waals surface area contributed by atoms with Crippen LogP contribution in [0.4, 0.5) is 4.79 Å². The fourth-order valence-electron chi connectivity index (χ4n) is 1.62. The van der Waals surface area contributed by atoms with Gasteiger partial charge < -0.3 is 15.5 Å². The van der Waals surface area contributed by atoms with E-state index >= 15 is 0 Å². The summed E-state index contributed by atoms with van der Waals surface area (Å²) in [7, 11) is 0. The average molecular weight is 238 g/mol. The smallest absolute Gasteiger partial charge is 0.404 e. The van der Waals surface area contributed by atoms with Crippen molar-refractivity contribution >= 4 is 6.09 Å². The first-order chi connectivity index (χ1) is 8.17. The third-order valence-electron chi connectivity index (χ3n) is 2.74. The van der Waals surface area contributed by atoms with Gasteiger partial charge in [-0.2, -0.15) is 0 Å². The van der Waals surface area contributed by atoms with E-state index in [2.05, 4.69) is 10.3 Å². The Bertz CT molecular complexity index is 365. The predicted octanol–water partition coefficient (Wildman–Crippen LogP) is 1.41. The van der Waals surface area contributed by atoms with Crippen molar-refractivity contribution in [1.29, 1.82) is 0 Å². The van der Waals surface area contributed by atoms with Crippen molar-refractivity contribution in [3.05, 3.63) is 29.6 Å². The molecule has 94 valence electrons. The second-order valence-electron chi connectivity index (χ2n) is 3.93. The van der Waals surface area contributed by atoms with E-state index in [9.17, 15) is 4.79 Å². The number of hydrogen-bond donors (Lipinski definition) is 3. The molecule has 1 atom stereocenters. The summed E-state index contributed by atoms with van der Waals surface area (Å²) in [5.41, 5.74) is 1.71. The molecule has 0 saturated carbocycles. The first-order valence-electron chi connectivity index (χ1n) is 5.67. The topological polar surface area (TPSA) is 82.5 Å². The highest BCUT2D eigenvalue weighted by Crippen LogP contribution is 2.14. The van der Waals surface area contributed by atoms with Gasteiger partial charge in [0, 0.05) is 12.8 Å². The molecule has 5 nitrogen and oxygen atoms in total. The minimum absolute atomic E-state index is 0.136. The molecule has 1 aromatic rings.